The third kappa shape index (κ3) is 2.16. The number of benzene rings is 7. The summed E-state index contributed by atoms with van der Waals surface area (Å²) in [5, 5.41) is 13.7. The largest absolute Gasteiger partial charge is 0.359 e. The predicted octanol–water partition coefficient (Wildman–Crippen LogP) is 7.57. The lowest BCUT2D eigenvalue weighted by atomic mass is 9.83. The number of aromatic nitrogens is 2. The Morgan fingerprint density at radius 3 is 2.12 bits per heavy atom. The molecule has 42 heavy (non-hydrogen) atoms. The highest BCUT2D eigenvalue weighted by Gasteiger charge is 2.41. The van der Waals surface area contributed by atoms with E-state index in [1.807, 2.05) is 65.6 Å². The van der Waals surface area contributed by atoms with Gasteiger partial charge in [0.05, 0.1) is 22.4 Å². The minimum absolute atomic E-state index is 0.00851. The van der Waals surface area contributed by atoms with E-state index in [0.29, 0.717) is 11.0 Å². The van der Waals surface area contributed by atoms with E-state index >= 15 is 0 Å². The second kappa shape index (κ2) is 6.75. The van der Waals surface area contributed by atoms with E-state index in [1.54, 1.807) is 4.40 Å². The highest BCUT2D eigenvalue weighted by molar-refractivity contribution is 6.39. The number of imidazole rings is 1. The molecule has 0 saturated carbocycles. The van der Waals surface area contributed by atoms with Gasteiger partial charge in [0.15, 0.2) is 0 Å². The molecule has 1 unspecified atom stereocenters. The second-order valence-electron chi connectivity index (χ2n) is 11.5. The van der Waals surface area contributed by atoms with Crippen molar-refractivity contribution in [3.8, 4) is 0 Å². The molecule has 2 aliphatic rings. The number of hydrogen-bond donors (Lipinski definition) is 1. The number of carbonyl (C=O) groups is 1. The summed E-state index contributed by atoms with van der Waals surface area (Å²) in [7, 11) is 0. The van der Waals surface area contributed by atoms with Crippen LogP contribution in [0.3, 0.4) is 0 Å². The van der Waals surface area contributed by atoms with Crippen LogP contribution in [0.2, 0.25) is 0 Å². The quantitative estimate of drug-likeness (QED) is 0.160. The van der Waals surface area contributed by atoms with Crippen LogP contribution < -0.4 is 15.8 Å². The van der Waals surface area contributed by atoms with Crippen LogP contribution in [0.25, 0.3) is 70.5 Å². The summed E-state index contributed by atoms with van der Waals surface area (Å²) in [6.07, 6.45) is -0.255. The molecule has 0 radical (unpaired) electrons. The Bertz CT molecular complexity index is 2760. The van der Waals surface area contributed by atoms with Crippen molar-refractivity contribution in [2.75, 3.05) is 10.2 Å². The van der Waals surface area contributed by atoms with Gasteiger partial charge < -0.3 is 5.32 Å². The number of amides is 1. The number of rotatable bonds is 0. The van der Waals surface area contributed by atoms with Gasteiger partial charge in [0.25, 0.3) is 11.5 Å². The lowest BCUT2D eigenvalue weighted by Crippen LogP contribution is -2.37. The van der Waals surface area contributed by atoms with E-state index in [4.69, 9.17) is 4.98 Å². The molecular formula is C36H18N4O2. The number of fused-ring (bicyclic) bond motifs is 10. The number of para-hydroxylation sites is 4. The van der Waals surface area contributed by atoms with Crippen molar-refractivity contribution < 1.29 is 4.79 Å². The van der Waals surface area contributed by atoms with Crippen LogP contribution in [0, 0.1) is 0 Å². The van der Waals surface area contributed by atoms with Gasteiger partial charge in [-0.25, -0.2) is 4.98 Å². The highest BCUT2D eigenvalue weighted by atomic mass is 16.2. The van der Waals surface area contributed by atoms with E-state index in [1.165, 1.54) is 0 Å². The molecule has 6 heteroatoms. The van der Waals surface area contributed by atoms with E-state index in [-0.39, 0.29) is 17.6 Å². The minimum atomic E-state index is -0.255. The summed E-state index contributed by atoms with van der Waals surface area (Å²) in [5.41, 5.74) is 5.96. The molecule has 7 aromatic carbocycles. The van der Waals surface area contributed by atoms with Crippen molar-refractivity contribution in [1.29, 1.82) is 0 Å². The Labute approximate surface area is 236 Å². The second-order valence-corrected chi connectivity index (χ2v) is 11.5. The molecule has 0 fully saturated rings. The van der Waals surface area contributed by atoms with Crippen molar-refractivity contribution >= 4 is 87.8 Å². The first-order valence-corrected chi connectivity index (χ1v) is 14.1. The Morgan fingerprint density at radius 2 is 1.26 bits per heavy atom. The number of hydrogen-bond acceptors (Lipinski definition) is 4. The van der Waals surface area contributed by atoms with Crippen LogP contribution in [-0.4, -0.2) is 15.3 Å². The Hall–Kier alpha value is -5.75. The summed E-state index contributed by atoms with van der Waals surface area (Å²) in [5.74, 6) is 0.00851. The van der Waals surface area contributed by atoms with Gasteiger partial charge in [0.2, 0.25) is 0 Å². The molecule has 1 N–H and O–H groups in total. The summed E-state index contributed by atoms with van der Waals surface area (Å²) in [4.78, 5) is 34.8. The SMILES string of the molecule is O=C1c2ccc3c4ccc5c6c(ccc(c7ccc(c2c73)C2Nc3ccccc3N12)c46)c(=O)n1c2ccccc2nc51. The third-order valence-corrected chi connectivity index (χ3v) is 9.63. The summed E-state index contributed by atoms with van der Waals surface area (Å²) in [6.45, 7) is 0. The monoisotopic (exact) mass is 538 g/mol. The average Bonchev–Trinajstić information content (AvgIpc) is 3.61. The fourth-order valence-electron chi connectivity index (χ4n) is 7.95. The lowest BCUT2D eigenvalue weighted by Gasteiger charge is -2.32. The maximum atomic E-state index is 14.0. The first-order chi connectivity index (χ1) is 20.7. The molecule has 11 rings (SSSR count). The first kappa shape index (κ1) is 21.1. The predicted molar refractivity (Wildman–Crippen MR) is 168 cm³/mol. The molecule has 2 aliphatic heterocycles. The van der Waals surface area contributed by atoms with E-state index < -0.39 is 0 Å². The molecule has 194 valence electrons. The number of nitrogens with one attached hydrogen (secondary N) is 1. The van der Waals surface area contributed by atoms with Gasteiger partial charge in [-0.3, -0.25) is 18.9 Å². The highest BCUT2D eigenvalue weighted by Crippen LogP contribution is 2.51. The topological polar surface area (TPSA) is 66.7 Å². The van der Waals surface area contributed by atoms with Gasteiger partial charge in [0.1, 0.15) is 11.8 Å². The van der Waals surface area contributed by atoms with Crippen molar-refractivity contribution in [2.45, 2.75) is 6.17 Å². The fourth-order valence-corrected chi connectivity index (χ4v) is 7.95. The maximum Gasteiger partial charge on any atom is 0.264 e. The standard InChI is InChI=1S/C36H18N4O2/c41-35-23-15-11-19-18-10-14-22-32-24(36(42)40-28-8-4-2-6-26(28)38-34(22)40)16-12-20(30(18)32)17-9-13-21(31(23)29(17)19)33-37-25-5-1-3-7-27(25)39(33)35/h1-16,33,37H. The van der Waals surface area contributed by atoms with Crippen molar-refractivity contribution in [3.63, 3.8) is 0 Å². The van der Waals surface area contributed by atoms with Crippen molar-refractivity contribution in [1.82, 2.24) is 9.38 Å². The Balaban J connectivity index is 1.31. The molecule has 0 bridgehead atoms. The van der Waals surface area contributed by atoms with Crippen LogP contribution in [0.5, 0.6) is 0 Å². The van der Waals surface area contributed by atoms with Crippen LogP contribution in [0.4, 0.5) is 11.4 Å². The number of nitrogens with zero attached hydrogens (tertiary/aromatic N) is 3. The zero-order valence-electron chi connectivity index (χ0n) is 22.0. The van der Waals surface area contributed by atoms with Crippen LogP contribution in [-0.2, 0) is 0 Å². The van der Waals surface area contributed by atoms with Gasteiger partial charge in [0, 0.05) is 32.7 Å². The van der Waals surface area contributed by atoms with Crippen LogP contribution in [0.1, 0.15) is 22.1 Å². The van der Waals surface area contributed by atoms with Gasteiger partial charge in [-0.2, -0.15) is 0 Å². The van der Waals surface area contributed by atoms with E-state index in [0.717, 1.165) is 82.0 Å². The molecule has 0 spiro atoms. The van der Waals surface area contributed by atoms with Gasteiger partial charge >= 0.3 is 0 Å². The smallest absolute Gasteiger partial charge is 0.264 e. The number of pyridine rings is 1. The van der Waals surface area contributed by atoms with E-state index in [9.17, 15) is 9.59 Å². The summed E-state index contributed by atoms with van der Waals surface area (Å²) in [6, 6.07) is 32.5. The van der Waals surface area contributed by atoms with Crippen LogP contribution in [0.15, 0.2) is 102 Å². The molecule has 6 nitrogen and oxygen atoms in total. The van der Waals surface area contributed by atoms with E-state index in [2.05, 4.69) is 41.7 Å². The number of anilines is 2. The Morgan fingerprint density at radius 1 is 0.619 bits per heavy atom. The molecule has 0 aliphatic carbocycles. The Kier molecular flexibility index (Phi) is 3.39. The van der Waals surface area contributed by atoms with Gasteiger partial charge in [-0.15, -0.1) is 0 Å². The van der Waals surface area contributed by atoms with Gasteiger partial charge in [-0.1, -0.05) is 54.6 Å². The van der Waals surface area contributed by atoms with Crippen molar-refractivity contribution in [2.24, 2.45) is 0 Å². The zero-order valence-corrected chi connectivity index (χ0v) is 22.0. The molecule has 2 aromatic heterocycles. The fraction of sp³-hybridized carbons (Fsp3) is 0.0278. The number of carbonyl (C=O) groups excluding carboxylic acids is 1. The zero-order chi connectivity index (χ0) is 27.4. The normalized spacial score (nSPS) is 16.1. The maximum absolute atomic E-state index is 14.0. The molecular weight excluding hydrogens is 520 g/mol. The van der Waals surface area contributed by atoms with Crippen molar-refractivity contribution in [3.05, 3.63) is 119 Å². The third-order valence-electron chi connectivity index (χ3n) is 9.63. The minimum Gasteiger partial charge on any atom is -0.359 e. The first-order valence-electron chi connectivity index (χ1n) is 14.1. The van der Waals surface area contributed by atoms with Crippen LogP contribution >= 0.6 is 0 Å². The summed E-state index contributed by atoms with van der Waals surface area (Å²) >= 11 is 0. The molecule has 1 atom stereocenters. The summed E-state index contributed by atoms with van der Waals surface area (Å²) < 4.78 is 1.75. The lowest BCUT2D eigenvalue weighted by molar-refractivity contribution is 0.0980. The molecule has 0 saturated heterocycles. The average molecular weight is 539 g/mol. The molecule has 1 amide bonds. The molecule has 9 aromatic rings. The van der Waals surface area contributed by atoms with Gasteiger partial charge in [-0.05, 0) is 74.8 Å². The molecule has 4 heterocycles.